The van der Waals surface area contributed by atoms with Gasteiger partial charge in [-0.25, -0.2) is 4.52 Å². The molecule has 33 heavy (non-hydrogen) atoms. The maximum Gasteiger partial charge on any atom is 0.285 e. The van der Waals surface area contributed by atoms with Gasteiger partial charge in [0.15, 0.2) is 22.7 Å². The number of nitrogens with zero attached hydrogens (tertiary/aromatic N) is 5. The molecule has 0 radical (unpaired) electrons. The van der Waals surface area contributed by atoms with E-state index in [-0.39, 0.29) is 11.1 Å². The van der Waals surface area contributed by atoms with Crippen molar-refractivity contribution in [2.75, 3.05) is 13.2 Å². The van der Waals surface area contributed by atoms with Crippen LogP contribution in [-0.4, -0.2) is 37.6 Å². The summed E-state index contributed by atoms with van der Waals surface area (Å²) in [4.78, 5) is 13.3. The number of halogens is 1. The molecule has 0 unspecified atom stereocenters. The zero-order valence-corrected chi connectivity index (χ0v) is 18.4. The van der Waals surface area contributed by atoms with Crippen LogP contribution >= 0.6 is 11.6 Å². The molecule has 0 spiro atoms. The van der Waals surface area contributed by atoms with Crippen LogP contribution in [-0.2, 0) is 6.42 Å². The number of ether oxygens (including phenoxy) is 2. The Morgan fingerprint density at radius 1 is 1.03 bits per heavy atom. The molecule has 0 N–H and O–H groups in total. The van der Waals surface area contributed by atoms with E-state index in [0.29, 0.717) is 53.0 Å². The van der Waals surface area contributed by atoms with Gasteiger partial charge in [0, 0.05) is 17.3 Å². The van der Waals surface area contributed by atoms with Gasteiger partial charge in [-0.05, 0) is 42.3 Å². The van der Waals surface area contributed by atoms with Gasteiger partial charge in [-0.1, -0.05) is 30.7 Å². The van der Waals surface area contributed by atoms with Crippen LogP contribution in [0.15, 0.2) is 59.5 Å². The average Bonchev–Trinajstić information content (AvgIpc) is 3.23. The molecule has 0 aliphatic carbocycles. The Kier molecular flexibility index (Phi) is 4.55. The van der Waals surface area contributed by atoms with Crippen molar-refractivity contribution in [1.29, 1.82) is 0 Å². The van der Waals surface area contributed by atoms with Crippen molar-refractivity contribution < 1.29 is 9.47 Å². The van der Waals surface area contributed by atoms with Gasteiger partial charge < -0.3 is 9.47 Å². The molecule has 0 saturated carbocycles. The zero-order chi connectivity index (χ0) is 22.5. The molecule has 9 heteroatoms. The van der Waals surface area contributed by atoms with Crippen molar-refractivity contribution in [2.24, 2.45) is 0 Å². The summed E-state index contributed by atoms with van der Waals surface area (Å²) in [7, 11) is 0. The van der Waals surface area contributed by atoms with Gasteiger partial charge in [0.2, 0.25) is 0 Å². The molecule has 0 atom stereocenters. The van der Waals surface area contributed by atoms with Crippen LogP contribution in [0.3, 0.4) is 0 Å². The summed E-state index contributed by atoms with van der Waals surface area (Å²) in [6.45, 7) is 3.01. The van der Waals surface area contributed by atoms with Gasteiger partial charge in [0.05, 0.1) is 16.9 Å². The summed E-state index contributed by atoms with van der Waals surface area (Å²) < 4.78 is 14.4. The summed E-state index contributed by atoms with van der Waals surface area (Å²) in [6, 6.07) is 14.8. The van der Waals surface area contributed by atoms with Crippen molar-refractivity contribution in [3.63, 3.8) is 0 Å². The lowest BCUT2D eigenvalue weighted by Gasteiger charge is -2.19. The highest BCUT2D eigenvalue weighted by Crippen LogP contribution is 2.33. The van der Waals surface area contributed by atoms with Crippen LogP contribution in [0.4, 0.5) is 0 Å². The number of fused-ring (bicyclic) bond motifs is 4. The summed E-state index contributed by atoms with van der Waals surface area (Å²) in [6.07, 6.45) is 2.41. The Morgan fingerprint density at radius 3 is 2.70 bits per heavy atom. The number of aryl methyl sites for hydroxylation is 1. The van der Waals surface area contributed by atoms with E-state index in [4.69, 9.17) is 26.2 Å². The van der Waals surface area contributed by atoms with Crippen LogP contribution in [0.5, 0.6) is 11.5 Å². The number of hydrogen-bond donors (Lipinski definition) is 0. The number of hydrogen-bond acceptors (Lipinski definition) is 6. The summed E-state index contributed by atoms with van der Waals surface area (Å²) in [5.41, 5.74) is 4.38. The fraction of sp³-hybridized carbons (Fsp3) is 0.167. The lowest BCUT2D eigenvalue weighted by atomic mass is 10.0. The Balaban J connectivity index is 1.55. The normalized spacial score (nSPS) is 13.0. The van der Waals surface area contributed by atoms with Gasteiger partial charge in [0.1, 0.15) is 18.7 Å². The molecule has 0 bridgehead atoms. The van der Waals surface area contributed by atoms with E-state index in [0.717, 1.165) is 16.8 Å². The standard InChI is InChI=1S/C24H18ClN5O3/c1-2-17-21(14-4-3-5-15(25)12-14)23-27-26-22-18(30(23)28-17)8-9-29(24(22)31)16-6-7-19-20(13-16)33-11-10-32-19/h3-9,12-13H,2,10-11H2,1H3. The number of pyridine rings is 1. The Labute approximate surface area is 193 Å². The smallest absolute Gasteiger partial charge is 0.285 e. The predicted molar refractivity (Wildman–Crippen MR) is 125 cm³/mol. The van der Waals surface area contributed by atoms with Crippen LogP contribution in [0.25, 0.3) is 33.5 Å². The monoisotopic (exact) mass is 459 g/mol. The van der Waals surface area contributed by atoms with E-state index < -0.39 is 0 Å². The second kappa shape index (κ2) is 7.60. The molecule has 164 valence electrons. The van der Waals surface area contributed by atoms with E-state index in [1.54, 1.807) is 22.8 Å². The second-order valence-electron chi connectivity index (χ2n) is 7.67. The summed E-state index contributed by atoms with van der Waals surface area (Å²) in [5.74, 6) is 1.27. The maximum atomic E-state index is 13.3. The van der Waals surface area contributed by atoms with E-state index in [1.165, 1.54) is 4.57 Å². The topological polar surface area (TPSA) is 83.5 Å². The molecular formula is C24H18ClN5O3. The van der Waals surface area contributed by atoms with Gasteiger partial charge in [-0.15, -0.1) is 10.2 Å². The molecule has 0 amide bonds. The van der Waals surface area contributed by atoms with Gasteiger partial charge in [0.25, 0.3) is 5.56 Å². The minimum Gasteiger partial charge on any atom is -0.486 e. The predicted octanol–water partition coefficient (Wildman–Crippen LogP) is 4.08. The Bertz CT molecular complexity index is 1610. The first kappa shape index (κ1) is 19.8. The van der Waals surface area contributed by atoms with Crippen LogP contribution in [0, 0.1) is 0 Å². The maximum absolute atomic E-state index is 13.3. The minimum atomic E-state index is -0.295. The molecule has 0 saturated heterocycles. The third kappa shape index (κ3) is 3.14. The van der Waals surface area contributed by atoms with Crippen LogP contribution in [0.1, 0.15) is 12.6 Å². The molecule has 6 rings (SSSR count). The molecule has 4 heterocycles. The van der Waals surface area contributed by atoms with Crippen molar-refractivity contribution >= 4 is 28.3 Å². The molecular weight excluding hydrogens is 442 g/mol. The first-order valence-electron chi connectivity index (χ1n) is 10.6. The third-order valence-corrected chi connectivity index (χ3v) is 5.94. The SMILES string of the molecule is CCc1nn2c(nnc3c(=O)n(-c4ccc5c(c4)OCCO5)ccc32)c1-c1cccc(Cl)c1. The second-order valence-corrected chi connectivity index (χ2v) is 8.11. The molecule has 8 nitrogen and oxygen atoms in total. The minimum absolute atomic E-state index is 0.225. The van der Waals surface area contributed by atoms with Crippen molar-refractivity contribution in [3.05, 3.63) is 75.8 Å². The highest BCUT2D eigenvalue weighted by Gasteiger charge is 2.20. The molecule has 2 aromatic carbocycles. The first-order chi connectivity index (χ1) is 16.1. The van der Waals surface area contributed by atoms with E-state index in [9.17, 15) is 4.79 Å². The Hall–Kier alpha value is -3.91. The van der Waals surface area contributed by atoms with Crippen LogP contribution < -0.4 is 15.0 Å². The summed E-state index contributed by atoms with van der Waals surface area (Å²) in [5, 5.41) is 14.1. The lowest BCUT2D eigenvalue weighted by molar-refractivity contribution is 0.171. The van der Waals surface area contributed by atoms with Gasteiger partial charge >= 0.3 is 0 Å². The summed E-state index contributed by atoms with van der Waals surface area (Å²) >= 11 is 6.22. The number of benzene rings is 2. The average molecular weight is 460 g/mol. The molecule has 3 aromatic heterocycles. The number of rotatable bonds is 3. The van der Waals surface area contributed by atoms with Gasteiger partial charge in [-0.2, -0.15) is 5.10 Å². The highest BCUT2D eigenvalue weighted by molar-refractivity contribution is 6.30. The highest BCUT2D eigenvalue weighted by atomic mass is 35.5. The zero-order valence-electron chi connectivity index (χ0n) is 17.7. The van der Waals surface area contributed by atoms with Crippen molar-refractivity contribution in [3.8, 4) is 28.3 Å². The lowest BCUT2D eigenvalue weighted by Crippen LogP contribution is -2.21. The molecule has 1 aliphatic rings. The van der Waals surface area contributed by atoms with E-state index in [1.807, 2.05) is 43.3 Å². The fourth-order valence-electron chi connectivity index (χ4n) is 4.16. The van der Waals surface area contributed by atoms with Gasteiger partial charge in [-0.3, -0.25) is 9.36 Å². The largest absolute Gasteiger partial charge is 0.486 e. The molecule has 0 fully saturated rings. The third-order valence-electron chi connectivity index (χ3n) is 5.70. The van der Waals surface area contributed by atoms with E-state index in [2.05, 4.69) is 10.2 Å². The van der Waals surface area contributed by atoms with E-state index >= 15 is 0 Å². The fourth-order valence-corrected chi connectivity index (χ4v) is 4.35. The molecule has 1 aliphatic heterocycles. The quantitative estimate of drug-likeness (QED) is 0.404. The molecule has 5 aromatic rings. The van der Waals surface area contributed by atoms with Crippen molar-refractivity contribution in [2.45, 2.75) is 13.3 Å². The first-order valence-corrected chi connectivity index (χ1v) is 11.0. The number of aromatic nitrogens is 5. The van der Waals surface area contributed by atoms with Crippen molar-refractivity contribution in [1.82, 2.24) is 24.4 Å². The van der Waals surface area contributed by atoms with Crippen LogP contribution in [0.2, 0.25) is 5.02 Å². The Morgan fingerprint density at radius 2 is 1.88 bits per heavy atom.